The average Bonchev–Trinajstić information content (AvgIpc) is 3.06. The van der Waals surface area contributed by atoms with Crippen molar-refractivity contribution in [3.8, 4) is 0 Å². The molecule has 27 heavy (non-hydrogen) atoms. The summed E-state index contributed by atoms with van der Waals surface area (Å²) in [6, 6.07) is 19.7. The monoisotopic (exact) mass is 381 g/mol. The quantitative estimate of drug-likeness (QED) is 0.568. The second kappa shape index (κ2) is 6.85. The van der Waals surface area contributed by atoms with Crippen molar-refractivity contribution < 1.29 is 12.8 Å². The van der Waals surface area contributed by atoms with Crippen LogP contribution >= 0.6 is 0 Å². The normalized spacial score (nSPS) is 11.6. The highest BCUT2D eigenvalue weighted by atomic mass is 32.2. The molecule has 0 bridgehead atoms. The second-order valence-electron chi connectivity index (χ2n) is 6.12. The summed E-state index contributed by atoms with van der Waals surface area (Å²) >= 11 is 0. The fraction of sp³-hybridized carbons (Fsp3) is 0.0500. The molecule has 0 saturated heterocycles. The largest absolute Gasteiger partial charge is 0.280 e. The Morgan fingerprint density at radius 3 is 2.44 bits per heavy atom. The van der Waals surface area contributed by atoms with Crippen LogP contribution in [0.3, 0.4) is 0 Å². The first kappa shape index (κ1) is 17.2. The number of sulfonamides is 1. The van der Waals surface area contributed by atoms with E-state index in [1.807, 2.05) is 6.07 Å². The molecule has 5 nitrogen and oxygen atoms in total. The summed E-state index contributed by atoms with van der Waals surface area (Å²) in [7, 11) is -3.64. The molecule has 0 amide bonds. The highest BCUT2D eigenvalue weighted by molar-refractivity contribution is 7.92. The topological polar surface area (TPSA) is 64.0 Å². The van der Waals surface area contributed by atoms with Crippen molar-refractivity contribution in [2.24, 2.45) is 0 Å². The van der Waals surface area contributed by atoms with Crippen LogP contribution in [0.25, 0.3) is 10.9 Å². The Hall–Kier alpha value is -3.19. The number of hydrogen-bond acceptors (Lipinski definition) is 3. The molecule has 0 radical (unpaired) electrons. The average molecular weight is 381 g/mol. The van der Waals surface area contributed by atoms with Crippen molar-refractivity contribution in [1.29, 1.82) is 0 Å². The first-order chi connectivity index (χ1) is 13.0. The van der Waals surface area contributed by atoms with E-state index in [1.54, 1.807) is 65.5 Å². The number of anilines is 1. The van der Waals surface area contributed by atoms with E-state index in [4.69, 9.17) is 0 Å². The van der Waals surface area contributed by atoms with Gasteiger partial charge in [-0.2, -0.15) is 5.10 Å². The Morgan fingerprint density at radius 1 is 0.963 bits per heavy atom. The van der Waals surface area contributed by atoms with Gasteiger partial charge in [0.1, 0.15) is 5.82 Å². The van der Waals surface area contributed by atoms with Gasteiger partial charge in [-0.15, -0.1) is 0 Å². The maximum absolute atomic E-state index is 13.0. The lowest BCUT2D eigenvalue weighted by Crippen LogP contribution is -2.12. The first-order valence-electron chi connectivity index (χ1n) is 8.29. The van der Waals surface area contributed by atoms with Crippen LogP contribution in [-0.2, 0) is 16.6 Å². The van der Waals surface area contributed by atoms with Gasteiger partial charge in [0, 0.05) is 11.1 Å². The third kappa shape index (κ3) is 3.68. The van der Waals surface area contributed by atoms with Gasteiger partial charge in [-0.1, -0.05) is 30.3 Å². The van der Waals surface area contributed by atoms with Crippen LogP contribution in [0.4, 0.5) is 10.1 Å². The van der Waals surface area contributed by atoms with Gasteiger partial charge in [0.05, 0.1) is 23.2 Å². The number of halogens is 1. The molecular weight excluding hydrogens is 365 g/mol. The van der Waals surface area contributed by atoms with E-state index >= 15 is 0 Å². The summed E-state index contributed by atoms with van der Waals surface area (Å²) in [6.07, 6.45) is 1.68. The first-order valence-corrected chi connectivity index (χ1v) is 9.77. The molecule has 0 spiro atoms. The number of fused-ring (bicyclic) bond motifs is 1. The van der Waals surface area contributed by atoms with Gasteiger partial charge in [0.2, 0.25) is 0 Å². The van der Waals surface area contributed by atoms with Gasteiger partial charge in [-0.3, -0.25) is 9.40 Å². The van der Waals surface area contributed by atoms with Crippen molar-refractivity contribution in [3.05, 3.63) is 90.4 Å². The maximum Gasteiger partial charge on any atom is 0.261 e. The van der Waals surface area contributed by atoms with Crippen molar-refractivity contribution in [1.82, 2.24) is 9.78 Å². The third-order valence-electron chi connectivity index (χ3n) is 4.19. The minimum atomic E-state index is -3.64. The minimum absolute atomic E-state index is 0.206. The Bertz CT molecular complexity index is 1190. The molecule has 4 aromatic rings. The highest BCUT2D eigenvalue weighted by Gasteiger charge is 2.14. The Labute approximate surface area is 156 Å². The molecule has 136 valence electrons. The third-order valence-corrected chi connectivity index (χ3v) is 5.59. The van der Waals surface area contributed by atoms with Crippen molar-refractivity contribution in [2.45, 2.75) is 11.4 Å². The second-order valence-corrected chi connectivity index (χ2v) is 7.80. The van der Waals surface area contributed by atoms with Gasteiger partial charge < -0.3 is 0 Å². The number of nitrogens with one attached hydrogen (secondary N) is 1. The molecule has 0 atom stereocenters. The van der Waals surface area contributed by atoms with Gasteiger partial charge in [0.15, 0.2) is 0 Å². The standard InChI is InChI=1S/C20H16FN3O2S/c21-17-8-6-15(7-9-17)14-24-20-11-10-18(12-16(20)13-22-24)23-27(25,26)19-4-2-1-3-5-19/h1-13,23H,14H2. The number of rotatable bonds is 5. The molecule has 3 aromatic carbocycles. The molecular formula is C20H16FN3O2S. The predicted octanol–water partition coefficient (Wildman–Crippen LogP) is 4.02. The zero-order valence-electron chi connectivity index (χ0n) is 14.2. The number of hydrogen-bond donors (Lipinski definition) is 1. The summed E-state index contributed by atoms with van der Waals surface area (Å²) in [6.45, 7) is 0.499. The zero-order valence-corrected chi connectivity index (χ0v) is 15.0. The zero-order chi connectivity index (χ0) is 18.9. The lowest BCUT2D eigenvalue weighted by atomic mass is 10.2. The Kier molecular flexibility index (Phi) is 4.37. The number of benzene rings is 3. The molecule has 1 heterocycles. The number of nitrogens with zero attached hydrogens (tertiary/aromatic N) is 2. The van der Waals surface area contributed by atoms with E-state index < -0.39 is 10.0 Å². The maximum atomic E-state index is 13.0. The number of aromatic nitrogens is 2. The van der Waals surface area contributed by atoms with Crippen LogP contribution in [0.5, 0.6) is 0 Å². The van der Waals surface area contributed by atoms with E-state index in [-0.39, 0.29) is 10.7 Å². The SMILES string of the molecule is O=S(=O)(Nc1ccc2c(cnn2Cc2ccc(F)cc2)c1)c1ccccc1. The predicted molar refractivity (Wildman–Crippen MR) is 102 cm³/mol. The van der Waals surface area contributed by atoms with Gasteiger partial charge in [-0.05, 0) is 48.0 Å². The molecule has 0 aliphatic heterocycles. The molecule has 0 unspecified atom stereocenters. The van der Waals surface area contributed by atoms with Crippen LogP contribution in [0.2, 0.25) is 0 Å². The van der Waals surface area contributed by atoms with E-state index in [1.165, 1.54) is 12.1 Å². The van der Waals surface area contributed by atoms with E-state index in [0.717, 1.165) is 16.5 Å². The Morgan fingerprint density at radius 2 is 1.70 bits per heavy atom. The van der Waals surface area contributed by atoms with Crippen LogP contribution in [0.1, 0.15) is 5.56 Å². The van der Waals surface area contributed by atoms with Gasteiger partial charge in [0.25, 0.3) is 10.0 Å². The molecule has 0 saturated carbocycles. The lowest BCUT2D eigenvalue weighted by molar-refractivity contribution is 0.601. The van der Waals surface area contributed by atoms with Crippen LogP contribution in [0.15, 0.2) is 83.9 Å². The van der Waals surface area contributed by atoms with Crippen molar-refractivity contribution in [3.63, 3.8) is 0 Å². The summed E-state index contributed by atoms with van der Waals surface area (Å²) < 4.78 is 42.3. The smallest absolute Gasteiger partial charge is 0.261 e. The lowest BCUT2D eigenvalue weighted by Gasteiger charge is -2.09. The van der Waals surface area contributed by atoms with Crippen LogP contribution in [-0.4, -0.2) is 18.2 Å². The molecule has 0 aliphatic rings. The molecule has 4 rings (SSSR count). The summed E-state index contributed by atoms with van der Waals surface area (Å²) in [5.74, 6) is -0.278. The summed E-state index contributed by atoms with van der Waals surface area (Å²) in [5, 5.41) is 5.16. The minimum Gasteiger partial charge on any atom is -0.280 e. The molecule has 0 aliphatic carbocycles. The van der Waals surface area contributed by atoms with Crippen LogP contribution < -0.4 is 4.72 Å². The molecule has 1 aromatic heterocycles. The molecule has 7 heteroatoms. The Balaban J connectivity index is 1.60. The fourth-order valence-electron chi connectivity index (χ4n) is 2.85. The van der Waals surface area contributed by atoms with Gasteiger partial charge in [-0.25, -0.2) is 12.8 Å². The molecule has 1 N–H and O–H groups in total. The fourth-order valence-corrected chi connectivity index (χ4v) is 3.92. The summed E-state index contributed by atoms with van der Waals surface area (Å²) in [5.41, 5.74) is 2.25. The summed E-state index contributed by atoms with van der Waals surface area (Å²) in [4.78, 5) is 0.206. The van der Waals surface area contributed by atoms with Crippen molar-refractivity contribution in [2.75, 3.05) is 4.72 Å². The van der Waals surface area contributed by atoms with Gasteiger partial charge >= 0.3 is 0 Å². The highest BCUT2D eigenvalue weighted by Crippen LogP contribution is 2.22. The molecule has 0 fully saturated rings. The van der Waals surface area contributed by atoms with Crippen LogP contribution in [0, 0.1) is 5.82 Å². The van der Waals surface area contributed by atoms with E-state index in [2.05, 4.69) is 9.82 Å². The van der Waals surface area contributed by atoms with Crippen molar-refractivity contribution >= 4 is 26.6 Å². The van der Waals surface area contributed by atoms with E-state index in [0.29, 0.717) is 12.2 Å². The van der Waals surface area contributed by atoms with E-state index in [9.17, 15) is 12.8 Å².